The van der Waals surface area contributed by atoms with E-state index in [0.717, 1.165) is 25.1 Å². The fraction of sp³-hybridized carbons (Fsp3) is 0.571. The van der Waals surface area contributed by atoms with Crippen molar-refractivity contribution in [2.45, 2.75) is 32.4 Å². The van der Waals surface area contributed by atoms with Crippen LogP contribution in [0.5, 0.6) is 0 Å². The Hall–Kier alpha value is -0.450. The standard InChI is InChI=1S/C14H19BrFNO/c1-9(11-3-4-14(16)13(15)7-11)17-8-12-5-6-18-10(12)2/h3-4,7,9-10,12,17H,5-6,8H2,1-2H3. The monoisotopic (exact) mass is 315 g/mol. The van der Waals surface area contributed by atoms with Gasteiger partial charge in [0.1, 0.15) is 5.82 Å². The number of hydrogen-bond acceptors (Lipinski definition) is 2. The van der Waals surface area contributed by atoms with Crippen molar-refractivity contribution < 1.29 is 9.13 Å². The van der Waals surface area contributed by atoms with E-state index in [1.54, 1.807) is 0 Å². The number of hydrogen-bond donors (Lipinski definition) is 1. The van der Waals surface area contributed by atoms with E-state index in [0.29, 0.717) is 16.5 Å². The van der Waals surface area contributed by atoms with Crippen LogP contribution in [0, 0.1) is 11.7 Å². The molecule has 4 heteroatoms. The summed E-state index contributed by atoms with van der Waals surface area (Å²) < 4.78 is 19.2. The maximum atomic E-state index is 13.2. The van der Waals surface area contributed by atoms with Crippen molar-refractivity contribution in [1.82, 2.24) is 5.32 Å². The van der Waals surface area contributed by atoms with Gasteiger partial charge in [0.05, 0.1) is 10.6 Å². The maximum Gasteiger partial charge on any atom is 0.137 e. The first-order valence-electron chi connectivity index (χ1n) is 6.38. The highest BCUT2D eigenvalue weighted by Crippen LogP contribution is 2.23. The van der Waals surface area contributed by atoms with Crippen molar-refractivity contribution in [2.75, 3.05) is 13.2 Å². The molecule has 1 aliphatic heterocycles. The number of benzene rings is 1. The van der Waals surface area contributed by atoms with Gasteiger partial charge in [0, 0.05) is 19.2 Å². The second kappa shape index (κ2) is 6.13. The molecule has 1 aromatic carbocycles. The molecule has 0 bridgehead atoms. The largest absolute Gasteiger partial charge is 0.378 e. The molecule has 0 radical (unpaired) electrons. The summed E-state index contributed by atoms with van der Waals surface area (Å²) >= 11 is 3.22. The molecule has 1 aliphatic rings. The van der Waals surface area contributed by atoms with E-state index in [1.165, 1.54) is 6.07 Å². The van der Waals surface area contributed by atoms with Gasteiger partial charge in [0.25, 0.3) is 0 Å². The Bertz CT molecular complexity index is 413. The van der Waals surface area contributed by atoms with Gasteiger partial charge in [-0.3, -0.25) is 0 Å². The first-order chi connectivity index (χ1) is 8.58. The highest BCUT2D eigenvalue weighted by atomic mass is 79.9. The molecule has 1 fully saturated rings. The van der Waals surface area contributed by atoms with Crippen LogP contribution in [0.3, 0.4) is 0 Å². The molecule has 2 nitrogen and oxygen atoms in total. The highest BCUT2D eigenvalue weighted by Gasteiger charge is 2.24. The van der Waals surface area contributed by atoms with Crippen LogP contribution in [-0.4, -0.2) is 19.3 Å². The molecule has 3 atom stereocenters. The average Bonchev–Trinajstić information content (AvgIpc) is 2.75. The summed E-state index contributed by atoms with van der Waals surface area (Å²) in [5, 5.41) is 3.49. The zero-order valence-corrected chi connectivity index (χ0v) is 12.3. The Morgan fingerprint density at radius 2 is 2.33 bits per heavy atom. The Morgan fingerprint density at radius 3 is 2.94 bits per heavy atom. The zero-order chi connectivity index (χ0) is 13.1. The number of ether oxygens (including phenoxy) is 1. The Kier molecular flexibility index (Phi) is 4.76. The summed E-state index contributed by atoms with van der Waals surface area (Å²) in [4.78, 5) is 0. The maximum absolute atomic E-state index is 13.2. The topological polar surface area (TPSA) is 21.3 Å². The van der Waals surface area contributed by atoms with E-state index >= 15 is 0 Å². The second-order valence-electron chi connectivity index (χ2n) is 4.93. The minimum Gasteiger partial charge on any atom is -0.378 e. The lowest BCUT2D eigenvalue weighted by Crippen LogP contribution is -2.29. The highest BCUT2D eigenvalue weighted by molar-refractivity contribution is 9.10. The predicted molar refractivity (Wildman–Crippen MR) is 74.0 cm³/mol. The van der Waals surface area contributed by atoms with Gasteiger partial charge in [0.2, 0.25) is 0 Å². The van der Waals surface area contributed by atoms with Crippen molar-refractivity contribution in [3.63, 3.8) is 0 Å². The van der Waals surface area contributed by atoms with Crippen LogP contribution in [-0.2, 0) is 4.74 Å². The molecule has 0 spiro atoms. The third-order valence-electron chi connectivity index (χ3n) is 3.66. The van der Waals surface area contributed by atoms with Crippen molar-refractivity contribution in [3.8, 4) is 0 Å². The normalized spacial score (nSPS) is 25.3. The first-order valence-corrected chi connectivity index (χ1v) is 7.17. The van der Waals surface area contributed by atoms with Gasteiger partial charge in [-0.15, -0.1) is 0 Å². The summed E-state index contributed by atoms with van der Waals surface area (Å²) in [6, 6.07) is 5.38. The van der Waals surface area contributed by atoms with E-state index < -0.39 is 0 Å². The van der Waals surface area contributed by atoms with Crippen molar-refractivity contribution in [3.05, 3.63) is 34.1 Å². The third kappa shape index (κ3) is 3.31. The van der Waals surface area contributed by atoms with Crippen LogP contribution in [0.15, 0.2) is 22.7 Å². The van der Waals surface area contributed by atoms with Gasteiger partial charge < -0.3 is 10.1 Å². The molecule has 1 aromatic rings. The molecule has 100 valence electrons. The zero-order valence-electron chi connectivity index (χ0n) is 10.7. The second-order valence-corrected chi connectivity index (χ2v) is 5.78. The minimum atomic E-state index is -0.219. The van der Waals surface area contributed by atoms with Crippen LogP contribution in [0.4, 0.5) is 4.39 Å². The Labute approximate surface area is 116 Å². The Morgan fingerprint density at radius 1 is 1.56 bits per heavy atom. The van der Waals surface area contributed by atoms with Gasteiger partial charge in [0.15, 0.2) is 0 Å². The van der Waals surface area contributed by atoms with Gasteiger partial charge in [-0.1, -0.05) is 6.07 Å². The van der Waals surface area contributed by atoms with Crippen LogP contribution >= 0.6 is 15.9 Å². The van der Waals surface area contributed by atoms with E-state index in [9.17, 15) is 4.39 Å². The summed E-state index contributed by atoms with van der Waals surface area (Å²) in [6.45, 7) is 6.03. The van der Waals surface area contributed by atoms with E-state index in [2.05, 4.69) is 35.1 Å². The SMILES string of the molecule is CC(NCC1CCOC1C)c1ccc(F)c(Br)c1. The fourth-order valence-electron chi connectivity index (χ4n) is 2.27. The van der Waals surface area contributed by atoms with Gasteiger partial charge >= 0.3 is 0 Å². The molecule has 18 heavy (non-hydrogen) atoms. The molecule has 1 heterocycles. The quantitative estimate of drug-likeness (QED) is 0.915. The molecular formula is C14H19BrFNO. The first kappa shape index (κ1) is 14.0. The number of halogens is 2. The lowest BCUT2D eigenvalue weighted by molar-refractivity contribution is 0.105. The smallest absolute Gasteiger partial charge is 0.137 e. The third-order valence-corrected chi connectivity index (χ3v) is 4.27. The molecule has 1 N–H and O–H groups in total. The predicted octanol–water partition coefficient (Wildman–Crippen LogP) is 3.66. The van der Waals surface area contributed by atoms with Crippen molar-refractivity contribution in [1.29, 1.82) is 0 Å². The number of nitrogens with one attached hydrogen (secondary N) is 1. The van der Waals surface area contributed by atoms with Crippen LogP contribution < -0.4 is 5.32 Å². The summed E-state index contributed by atoms with van der Waals surface area (Å²) in [6.07, 6.45) is 1.46. The van der Waals surface area contributed by atoms with E-state index in [-0.39, 0.29) is 11.9 Å². The molecule has 0 amide bonds. The van der Waals surface area contributed by atoms with Crippen molar-refractivity contribution in [2.24, 2.45) is 5.92 Å². The van der Waals surface area contributed by atoms with Crippen molar-refractivity contribution >= 4 is 15.9 Å². The van der Waals surface area contributed by atoms with Crippen LogP contribution in [0.1, 0.15) is 31.9 Å². The van der Waals surface area contributed by atoms with Gasteiger partial charge in [-0.2, -0.15) is 0 Å². The Balaban J connectivity index is 1.90. The van der Waals surface area contributed by atoms with E-state index in [1.807, 2.05) is 12.1 Å². The molecular weight excluding hydrogens is 297 g/mol. The summed E-state index contributed by atoms with van der Waals surface area (Å²) in [5.74, 6) is 0.361. The molecule has 3 unspecified atom stereocenters. The van der Waals surface area contributed by atoms with Crippen LogP contribution in [0.2, 0.25) is 0 Å². The van der Waals surface area contributed by atoms with Gasteiger partial charge in [-0.25, -0.2) is 4.39 Å². The molecule has 0 aliphatic carbocycles. The lowest BCUT2D eigenvalue weighted by atomic mass is 10.0. The summed E-state index contributed by atoms with van der Waals surface area (Å²) in [7, 11) is 0. The lowest BCUT2D eigenvalue weighted by Gasteiger charge is -2.19. The summed E-state index contributed by atoms with van der Waals surface area (Å²) in [5.41, 5.74) is 1.09. The number of rotatable bonds is 4. The molecule has 1 saturated heterocycles. The molecule has 0 aromatic heterocycles. The molecule has 2 rings (SSSR count). The van der Waals surface area contributed by atoms with Crippen LogP contribution in [0.25, 0.3) is 0 Å². The molecule has 0 saturated carbocycles. The average molecular weight is 316 g/mol. The van der Waals surface area contributed by atoms with E-state index in [4.69, 9.17) is 4.74 Å². The minimum absolute atomic E-state index is 0.217. The van der Waals surface area contributed by atoms with Gasteiger partial charge in [-0.05, 0) is 59.8 Å². The fourth-order valence-corrected chi connectivity index (χ4v) is 2.67.